The summed E-state index contributed by atoms with van der Waals surface area (Å²) in [6.07, 6.45) is 12.5. The number of hydrogen-bond donors (Lipinski definition) is 1. The van der Waals surface area contributed by atoms with Gasteiger partial charge in [-0.05, 0) is 25.7 Å². The van der Waals surface area contributed by atoms with Crippen LogP contribution in [0.3, 0.4) is 0 Å². The Balaban J connectivity index is 1.70. The molecule has 2 atom stereocenters. The molecule has 0 radical (unpaired) electrons. The molecule has 0 bridgehead atoms. The molecule has 2 unspecified atom stereocenters. The highest BCUT2D eigenvalue weighted by Gasteiger charge is 2.31. The van der Waals surface area contributed by atoms with Crippen LogP contribution < -0.4 is 10.2 Å². The monoisotopic (exact) mass is 260 g/mol. The van der Waals surface area contributed by atoms with E-state index in [1.165, 1.54) is 32.1 Å². The van der Waals surface area contributed by atoms with Crippen molar-refractivity contribution in [1.29, 1.82) is 0 Å². The van der Waals surface area contributed by atoms with Gasteiger partial charge in [0, 0.05) is 25.2 Å². The highest BCUT2D eigenvalue weighted by molar-refractivity contribution is 5.43. The molecular weight excluding hydrogens is 236 g/mol. The SMILES string of the molecule is CC1CNC(C2CCCCC2)CN1c1cncnc1. The van der Waals surface area contributed by atoms with Crippen LogP contribution in [0.25, 0.3) is 0 Å². The maximum atomic E-state index is 4.16. The van der Waals surface area contributed by atoms with Crippen molar-refractivity contribution in [1.82, 2.24) is 15.3 Å². The van der Waals surface area contributed by atoms with Gasteiger partial charge in [-0.15, -0.1) is 0 Å². The Hall–Kier alpha value is -1.16. The Morgan fingerprint density at radius 1 is 1.16 bits per heavy atom. The molecule has 0 amide bonds. The van der Waals surface area contributed by atoms with E-state index in [-0.39, 0.29) is 0 Å². The van der Waals surface area contributed by atoms with Gasteiger partial charge in [-0.25, -0.2) is 9.97 Å². The van der Waals surface area contributed by atoms with Crippen molar-refractivity contribution in [2.45, 2.75) is 51.1 Å². The first-order chi connectivity index (χ1) is 9.34. The molecule has 3 rings (SSSR count). The van der Waals surface area contributed by atoms with Crippen LogP contribution in [0.4, 0.5) is 5.69 Å². The second-order valence-electron chi connectivity index (χ2n) is 6.01. The van der Waals surface area contributed by atoms with Gasteiger partial charge in [-0.2, -0.15) is 0 Å². The predicted octanol–water partition coefficient (Wildman–Crippen LogP) is 2.22. The lowest BCUT2D eigenvalue weighted by Crippen LogP contribution is -2.58. The second-order valence-corrected chi connectivity index (χ2v) is 6.01. The Morgan fingerprint density at radius 2 is 1.89 bits per heavy atom. The summed E-state index contributed by atoms with van der Waals surface area (Å²) in [6.45, 7) is 4.44. The van der Waals surface area contributed by atoms with Crippen molar-refractivity contribution in [3.8, 4) is 0 Å². The van der Waals surface area contributed by atoms with Gasteiger partial charge in [-0.3, -0.25) is 0 Å². The van der Waals surface area contributed by atoms with Crippen LogP contribution in [0.15, 0.2) is 18.7 Å². The molecule has 104 valence electrons. The predicted molar refractivity (Wildman–Crippen MR) is 77.2 cm³/mol. The number of nitrogens with zero attached hydrogens (tertiary/aromatic N) is 3. The van der Waals surface area contributed by atoms with Crippen molar-refractivity contribution in [3.05, 3.63) is 18.7 Å². The Labute approximate surface area is 115 Å². The van der Waals surface area contributed by atoms with E-state index in [1.54, 1.807) is 6.33 Å². The van der Waals surface area contributed by atoms with Gasteiger partial charge in [-0.1, -0.05) is 19.3 Å². The summed E-state index contributed by atoms with van der Waals surface area (Å²) in [5, 5.41) is 3.76. The molecule has 1 aliphatic carbocycles. The van der Waals surface area contributed by atoms with Crippen molar-refractivity contribution in [2.24, 2.45) is 5.92 Å². The Morgan fingerprint density at radius 3 is 2.63 bits per heavy atom. The standard InChI is InChI=1S/C15H24N4/c1-12-7-18-15(13-5-3-2-4-6-13)10-19(12)14-8-16-11-17-9-14/h8-9,11-13,15,18H,2-7,10H2,1H3. The molecule has 1 saturated carbocycles. The lowest BCUT2D eigenvalue weighted by molar-refractivity contribution is 0.245. The van der Waals surface area contributed by atoms with Crippen molar-refractivity contribution >= 4 is 5.69 Å². The zero-order valence-corrected chi connectivity index (χ0v) is 11.8. The summed E-state index contributed by atoms with van der Waals surface area (Å²) in [6, 6.07) is 1.16. The van der Waals surface area contributed by atoms with Crippen LogP contribution in [0.5, 0.6) is 0 Å². The van der Waals surface area contributed by atoms with Crippen molar-refractivity contribution in [2.75, 3.05) is 18.0 Å². The fraction of sp³-hybridized carbons (Fsp3) is 0.733. The van der Waals surface area contributed by atoms with E-state index < -0.39 is 0 Å². The number of aromatic nitrogens is 2. The average molecular weight is 260 g/mol. The van der Waals surface area contributed by atoms with E-state index in [4.69, 9.17) is 0 Å². The van der Waals surface area contributed by atoms with Crippen LogP contribution in [0.2, 0.25) is 0 Å². The van der Waals surface area contributed by atoms with Crippen LogP contribution in [0, 0.1) is 5.92 Å². The number of anilines is 1. The lowest BCUT2D eigenvalue weighted by atomic mass is 9.82. The summed E-state index contributed by atoms with van der Waals surface area (Å²) in [7, 11) is 0. The van der Waals surface area contributed by atoms with Gasteiger partial charge in [0.05, 0.1) is 18.1 Å². The maximum Gasteiger partial charge on any atom is 0.115 e. The lowest BCUT2D eigenvalue weighted by Gasteiger charge is -2.43. The first-order valence-electron chi connectivity index (χ1n) is 7.59. The minimum atomic E-state index is 0.519. The molecule has 1 saturated heterocycles. The van der Waals surface area contributed by atoms with E-state index in [1.807, 2.05) is 12.4 Å². The Kier molecular flexibility index (Phi) is 3.97. The quantitative estimate of drug-likeness (QED) is 0.885. The van der Waals surface area contributed by atoms with Gasteiger partial charge >= 0.3 is 0 Å². The summed E-state index contributed by atoms with van der Waals surface area (Å²) in [5.41, 5.74) is 1.16. The molecule has 2 aliphatic rings. The van der Waals surface area contributed by atoms with Crippen molar-refractivity contribution in [3.63, 3.8) is 0 Å². The molecule has 0 spiro atoms. The third kappa shape index (κ3) is 2.89. The van der Waals surface area contributed by atoms with E-state index >= 15 is 0 Å². The minimum absolute atomic E-state index is 0.519. The molecule has 1 aromatic rings. The van der Waals surface area contributed by atoms with Gasteiger partial charge < -0.3 is 10.2 Å². The van der Waals surface area contributed by atoms with E-state index in [2.05, 4.69) is 27.1 Å². The van der Waals surface area contributed by atoms with Crippen LogP contribution in [-0.4, -0.2) is 35.1 Å². The molecule has 2 fully saturated rings. The molecular formula is C15H24N4. The summed E-state index contributed by atoms with van der Waals surface area (Å²) >= 11 is 0. The summed E-state index contributed by atoms with van der Waals surface area (Å²) in [5.74, 6) is 0.855. The normalized spacial score (nSPS) is 29.4. The molecule has 0 aromatic carbocycles. The molecule has 1 aromatic heterocycles. The fourth-order valence-corrected chi connectivity index (χ4v) is 3.54. The highest BCUT2D eigenvalue weighted by Crippen LogP contribution is 2.29. The number of nitrogens with one attached hydrogen (secondary N) is 1. The zero-order chi connectivity index (χ0) is 13.1. The highest BCUT2D eigenvalue weighted by atomic mass is 15.2. The van der Waals surface area contributed by atoms with Crippen LogP contribution >= 0.6 is 0 Å². The van der Waals surface area contributed by atoms with E-state index in [0.29, 0.717) is 12.1 Å². The molecule has 1 N–H and O–H groups in total. The van der Waals surface area contributed by atoms with E-state index in [9.17, 15) is 0 Å². The Bertz CT molecular complexity index is 388. The van der Waals surface area contributed by atoms with E-state index in [0.717, 1.165) is 24.7 Å². The molecule has 4 heteroatoms. The van der Waals surface area contributed by atoms with Gasteiger partial charge in [0.15, 0.2) is 0 Å². The minimum Gasteiger partial charge on any atom is -0.363 e. The molecule has 4 nitrogen and oxygen atoms in total. The maximum absolute atomic E-state index is 4.16. The van der Waals surface area contributed by atoms with Crippen molar-refractivity contribution < 1.29 is 0 Å². The van der Waals surface area contributed by atoms with Gasteiger partial charge in [0.2, 0.25) is 0 Å². The molecule has 2 heterocycles. The third-order valence-corrected chi connectivity index (χ3v) is 4.70. The largest absolute Gasteiger partial charge is 0.363 e. The molecule has 19 heavy (non-hydrogen) atoms. The topological polar surface area (TPSA) is 41.0 Å². The number of piperazine rings is 1. The second kappa shape index (κ2) is 5.87. The third-order valence-electron chi connectivity index (χ3n) is 4.70. The van der Waals surface area contributed by atoms with Gasteiger partial charge in [0.1, 0.15) is 6.33 Å². The first-order valence-corrected chi connectivity index (χ1v) is 7.59. The summed E-state index contributed by atoms with van der Waals surface area (Å²) in [4.78, 5) is 10.8. The van der Waals surface area contributed by atoms with Crippen LogP contribution in [-0.2, 0) is 0 Å². The molecule has 1 aliphatic heterocycles. The van der Waals surface area contributed by atoms with Gasteiger partial charge in [0.25, 0.3) is 0 Å². The number of hydrogen-bond acceptors (Lipinski definition) is 4. The number of rotatable bonds is 2. The average Bonchev–Trinajstić information content (AvgIpc) is 2.49. The summed E-state index contributed by atoms with van der Waals surface area (Å²) < 4.78 is 0. The fourth-order valence-electron chi connectivity index (χ4n) is 3.54. The zero-order valence-electron chi connectivity index (χ0n) is 11.8. The van der Waals surface area contributed by atoms with Crippen LogP contribution in [0.1, 0.15) is 39.0 Å². The first kappa shape index (κ1) is 12.9. The smallest absolute Gasteiger partial charge is 0.115 e.